The number of fused-ring (bicyclic) bond motifs is 1. The molecule has 1 aliphatic carbocycles. The number of halogens is 2. The summed E-state index contributed by atoms with van der Waals surface area (Å²) in [6.45, 7) is 4.12. The Hall–Kier alpha value is -1.28. The zero-order chi connectivity index (χ0) is 19.2. The van der Waals surface area contributed by atoms with Gasteiger partial charge in [0.15, 0.2) is 6.61 Å². The standard InChI is InChI=1S/C19H29F2N3O2S/c1-2-18(25)22-14-5-3-13(4-6-14)7-9-24-10-8-16-15(11-24)23-19(27-16)26-12-17(20)21/h13-14,17H,2-12H2,1H3,(H,22,25). The number of carbonyl (C=O) groups is 1. The molecule has 0 radical (unpaired) electrons. The lowest BCUT2D eigenvalue weighted by molar-refractivity contribution is -0.121. The maximum absolute atomic E-state index is 12.3. The quantitative estimate of drug-likeness (QED) is 0.723. The van der Waals surface area contributed by atoms with Crippen LogP contribution < -0.4 is 10.1 Å². The lowest BCUT2D eigenvalue weighted by atomic mass is 9.84. The molecule has 0 aromatic carbocycles. The molecule has 5 nitrogen and oxygen atoms in total. The van der Waals surface area contributed by atoms with Gasteiger partial charge in [-0.1, -0.05) is 18.3 Å². The van der Waals surface area contributed by atoms with Crippen LogP contribution in [0.4, 0.5) is 8.78 Å². The summed E-state index contributed by atoms with van der Waals surface area (Å²) in [4.78, 5) is 19.5. The van der Waals surface area contributed by atoms with E-state index in [-0.39, 0.29) is 5.91 Å². The molecule has 1 aliphatic heterocycles. The fourth-order valence-electron chi connectivity index (χ4n) is 3.91. The van der Waals surface area contributed by atoms with Crippen LogP contribution in [-0.4, -0.2) is 48.0 Å². The van der Waals surface area contributed by atoms with Gasteiger partial charge in [-0.3, -0.25) is 9.69 Å². The van der Waals surface area contributed by atoms with Crippen molar-refractivity contribution in [3.63, 3.8) is 0 Å². The minimum absolute atomic E-state index is 0.155. The van der Waals surface area contributed by atoms with Gasteiger partial charge >= 0.3 is 0 Å². The number of hydrogen-bond donors (Lipinski definition) is 1. The molecule has 0 atom stereocenters. The van der Waals surface area contributed by atoms with Crippen LogP contribution in [0.25, 0.3) is 0 Å². The van der Waals surface area contributed by atoms with Crippen LogP contribution in [0.15, 0.2) is 0 Å². The molecule has 2 aliphatic rings. The maximum atomic E-state index is 12.3. The van der Waals surface area contributed by atoms with Gasteiger partial charge in [0.25, 0.3) is 11.6 Å². The average molecular weight is 402 g/mol. The minimum atomic E-state index is -2.46. The zero-order valence-corrected chi connectivity index (χ0v) is 16.7. The van der Waals surface area contributed by atoms with Crippen LogP contribution in [0.3, 0.4) is 0 Å². The van der Waals surface area contributed by atoms with Crippen molar-refractivity contribution in [2.45, 2.75) is 70.9 Å². The van der Waals surface area contributed by atoms with Gasteiger partial charge in [-0.05, 0) is 51.0 Å². The van der Waals surface area contributed by atoms with E-state index in [1.165, 1.54) is 35.5 Å². The first-order valence-electron chi connectivity index (χ1n) is 9.94. The number of thiazole rings is 1. The van der Waals surface area contributed by atoms with E-state index in [9.17, 15) is 13.6 Å². The Kier molecular flexibility index (Phi) is 7.41. The summed E-state index contributed by atoms with van der Waals surface area (Å²) >= 11 is 1.40. The van der Waals surface area contributed by atoms with E-state index in [1.54, 1.807) is 0 Å². The number of amides is 1. The summed E-state index contributed by atoms with van der Waals surface area (Å²) in [5.41, 5.74) is 0.988. The predicted octanol–water partition coefficient (Wildman–Crippen LogP) is 3.62. The number of alkyl halides is 2. The van der Waals surface area contributed by atoms with Gasteiger partial charge in [0.05, 0.1) is 5.69 Å². The van der Waals surface area contributed by atoms with Crippen molar-refractivity contribution in [1.82, 2.24) is 15.2 Å². The molecular formula is C19H29F2N3O2S. The molecule has 1 aromatic rings. The third kappa shape index (κ3) is 6.10. The average Bonchev–Trinajstić information content (AvgIpc) is 3.08. The summed E-state index contributed by atoms with van der Waals surface area (Å²) in [7, 11) is 0. The second-order valence-corrected chi connectivity index (χ2v) is 8.55. The lowest BCUT2D eigenvalue weighted by Gasteiger charge is -2.31. The van der Waals surface area contributed by atoms with E-state index < -0.39 is 13.0 Å². The molecule has 1 amide bonds. The monoisotopic (exact) mass is 401 g/mol. The number of rotatable bonds is 8. The maximum Gasteiger partial charge on any atom is 0.273 e. The van der Waals surface area contributed by atoms with Gasteiger partial charge in [0.2, 0.25) is 5.91 Å². The molecule has 0 saturated heterocycles. The third-order valence-electron chi connectivity index (χ3n) is 5.51. The van der Waals surface area contributed by atoms with E-state index >= 15 is 0 Å². The molecule has 3 rings (SSSR count). The number of nitrogens with one attached hydrogen (secondary N) is 1. The Morgan fingerprint density at radius 1 is 1.37 bits per heavy atom. The number of ether oxygens (including phenoxy) is 1. The summed E-state index contributed by atoms with van der Waals surface area (Å²) in [5.74, 6) is 0.879. The van der Waals surface area contributed by atoms with E-state index in [4.69, 9.17) is 4.74 Å². The molecule has 1 saturated carbocycles. The Labute approximate surface area is 163 Å². The SMILES string of the molecule is CCC(=O)NC1CCC(CCN2CCc3sc(OCC(F)F)nc3C2)CC1. The molecular weight excluding hydrogens is 372 g/mol. The van der Waals surface area contributed by atoms with E-state index in [2.05, 4.69) is 15.2 Å². The predicted molar refractivity (Wildman–Crippen MR) is 101 cm³/mol. The van der Waals surface area contributed by atoms with Crippen molar-refractivity contribution in [3.8, 4) is 5.19 Å². The highest BCUT2D eigenvalue weighted by Crippen LogP contribution is 2.31. The second kappa shape index (κ2) is 9.78. The van der Waals surface area contributed by atoms with Gasteiger partial charge in [0, 0.05) is 30.4 Å². The van der Waals surface area contributed by atoms with Crippen molar-refractivity contribution in [3.05, 3.63) is 10.6 Å². The molecule has 0 unspecified atom stereocenters. The van der Waals surface area contributed by atoms with Gasteiger partial charge in [-0.2, -0.15) is 0 Å². The molecule has 8 heteroatoms. The van der Waals surface area contributed by atoms with Crippen molar-refractivity contribution < 1.29 is 18.3 Å². The van der Waals surface area contributed by atoms with Crippen LogP contribution in [0.2, 0.25) is 0 Å². The van der Waals surface area contributed by atoms with Crippen molar-refractivity contribution >= 4 is 17.2 Å². The molecule has 27 heavy (non-hydrogen) atoms. The molecule has 1 aromatic heterocycles. The van der Waals surface area contributed by atoms with Crippen LogP contribution >= 0.6 is 11.3 Å². The number of carbonyl (C=O) groups excluding carboxylic acids is 1. The van der Waals surface area contributed by atoms with Crippen LogP contribution in [-0.2, 0) is 17.8 Å². The third-order valence-corrected chi connectivity index (χ3v) is 6.58. The molecule has 1 N–H and O–H groups in total. The molecule has 2 heterocycles. The van der Waals surface area contributed by atoms with Crippen LogP contribution in [0.5, 0.6) is 5.19 Å². The molecule has 0 bridgehead atoms. The summed E-state index contributed by atoms with van der Waals surface area (Å²) in [6.07, 6.45) is 4.69. The second-order valence-electron chi connectivity index (χ2n) is 7.51. The van der Waals surface area contributed by atoms with Gasteiger partial charge in [-0.15, -0.1) is 0 Å². The zero-order valence-electron chi connectivity index (χ0n) is 15.9. The summed E-state index contributed by atoms with van der Waals surface area (Å²) in [5, 5.41) is 3.48. The Morgan fingerprint density at radius 2 is 2.15 bits per heavy atom. The van der Waals surface area contributed by atoms with E-state index in [1.807, 2.05) is 6.92 Å². The van der Waals surface area contributed by atoms with Gasteiger partial charge < -0.3 is 10.1 Å². The fourth-order valence-corrected chi connectivity index (χ4v) is 4.82. The summed E-state index contributed by atoms with van der Waals surface area (Å²) < 4.78 is 29.6. The topological polar surface area (TPSA) is 54.5 Å². The van der Waals surface area contributed by atoms with Crippen molar-refractivity contribution in [2.75, 3.05) is 19.7 Å². The minimum Gasteiger partial charge on any atom is -0.464 e. The molecule has 152 valence electrons. The Bertz CT molecular complexity index is 618. The van der Waals surface area contributed by atoms with E-state index in [0.29, 0.717) is 17.7 Å². The highest BCUT2D eigenvalue weighted by molar-refractivity contribution is 7.13. The van der Waals surface area contributed by atoms with Crippen LogP contribution in [0, 0.1) is 5.92 Å². The first-order valence-corrected chi connectivity index (χ1v) is 10.8. The first kappa shape index (κ1) is 20.5. The van der Waals surface area contributed by atoms with Crippen molar-refractivity contribution in [2.24, 2.45) is 5.92 Å². The highest BCUT2D eigenvalue weighted by Gasteiger charge is 2.25. The summed E-state index contributed by atoms with van der Waals surface area (Å²) in [6, 6.07) is 0.355. The normalized spacial score (nSPS) is 23.3. The Morgan fingerprint density at radius 3 is 2.85 bits per heavy atom. The fraction of sp³-hybridized carbons (Fsp3) is 0.789. The van der Waals surface area contributed by atoms with Crippen molar-refractivity contribution in [1.29, 1.82) is 0 Å². The van der Waals surface area contributed by atoms with Gasteiger partial charge in [-0.25, -0.2) is 13.8 Å². The van der Waals surface area contributed by atoms with Gasteiger partial charge in [0.1, 0.15) is 0 Å². The smallest absolute Gasteiger partial charge is 0.273 e. The highest BCUT2D eigenvalue weighted by atomic mass is 32.1. The first-order chi connectivity index (χ1) is 13.0. The largest absolute Gasteiger partial charge is 0.464 e. The Balaban J connectivity index is 1.39. The number of aromatic nitrogens is 1. The van der Waals surface area contributed by atoms with E-state index in [0.717, 1.165) is 50.5 Å². The van der Waals surface area contributed by atoms with Crippen LogP contribution in [0.1, 0.15) is 56.0 Å². The number of nitrogens with zero attached hydrogens (tertiary/aromatic N) is 2. The number of hydrogen-bond acceptors (Lipinski definition) is 5. The lowest BCUT2D eigenvalue weighted by Crippen LogP contribution is -2.38. The molecule has 0 spiro atoms. The molecule has 1 fully saturated rings.